The molecular formula is C50H30O. The lowest BCUT2D eigenvalue weighted by Crippen LogP contribution is -1.92. The fourth-order valence-corrected chi connectivity index (χ4v) is 6.50. The molecule has 0 bridgehead atoms. The summed E-state index contributed by atoms with van der Waals surface area (Å²) in [6.45, 7) is 0. The zero-order valence-corrected chi connectivity index (χ0v) is 25.4. The highest BCUT2D eigenvalue weighted by Gasteiger charge is 2.19. The van der Waals surface area contributed by atoms with Crippen molar-refractivity contribution >= 4 is 75.8 Å². The number of rotatable bonds is 3. The van der Waals surface area contributed by atoms with Gasteiger partial charge in [-0.1, -0.05) is 163 Å². The Morgan fingerprint density at radius 1 is 0.333 bits per heavy atom. The summed E-state index contributed by atoms with van der Waals surface area (Å²) in [7, 11) is 0. The van der Waals surface area contributed by atoms with Crippen LogP contribution in [0.25, 0.3) is 109 Å². The molecule has 0 radical (unpaired) electrons. The number of hydrogen-bond acceptors (Lipinski definition) is 1. The van der Waals surface area contributed by atoms with E-state index in [1.165, 1.54) is 0 Å². The third-order valence-electron chi connectivity index (χ3n) is 8.62. The van der Waals surface area contributed by atoms with Crippen molar-refractivity contribution in [1.29, 1.82) is 0 Å². The van der Waals surface area contributed by atoms with Gasteiger partial charge in [0.1, 0.15) is 11.2 Å². The van der Waals surface area contributed by atoms with E-state index < -0.39 is 290 Å². The Kier molecular flexibility index (Phi) is 2.50. The summed E-state index contributed by atoms with van der Waals surface area (Å²) in [4.78, 5) is 0. The van der Waals surface area contributed by atoms with E-state index in [4.69, 9.17) is 27.7 Å². The minimum absolute atomic E-state index is 0.450. The van der Waals surface area contributed by atoms with Crippen molar-refractivity contribution in [2.45, 2.75) is 0 Å². The molecule has 11 aromatic rings. The van der Waals surface area contributed by atoms with E-state index in [9.17, 15) is 17.8 Å². The molecule has 11 rings (SSSR count). The van der Waals surface area contributed by atoms with Crippen molar-refractivity contribution in [1.82, 2.24) is 0 Å². The molecule has 0 saturated carbocycles. The Balaban J connectivity index is 1.41. The fourth-order valence-electron chi connectivity index (χ4n) is 6.50. The third-order valence-corrected chi connectivity index (χ3v) is 8.62. The molecule has 1 nitrogen and oxygen atoms in total. The van der Waals surface area contributed by atoms with Crippen LogP contribution in [0, 0.1) is 0 Å². The van der Waals surface area contributed by atoms with Crippen LogP contribution in [0.1, 0.15) is 41.1 Å². The van der Waals surface area contributed by atoms with Gasteiger partial charge in [0.2, 0.25) is 0 Å². The van der Waals surface area contributed by atoms with E-state index in [0.29, 0.717) is 0 Å². The lowest BCUT2D eigenvalue weighted by atomic mass is 9.84. The van der Waals surface area contributed by atoms with E-state index in [0.717, 1.165) is 0 Å². The summed E-state index contributed by atoms with van der Waals surface area (Å²) in [6, 6.07) is -28.4. The Hall–Kier alpha value is -6.70. The normalized spacial score (nSPS) is 20.2. The molecule has 236 valence electrons. The molecule has 0 N–H and O–H groups in total. The van der Waals surface area contributed by atoms with Gasteiger partial charge in [-0.2, -0.15) is 0 Å². The average molecular weight is 677 g/mol. The third kappa shape index (κ3) is 4.16. The Labute approximate surface area is 336 Å². The zero-order valence-electron chi connectivity index (χ0n) is 55.4. The lowest BCUT2D eigenvalue weighted by molar-refractivity contribution is 0.673. The van der Waals surface area contributed by atoms with Gasteiger partial charge in [-0.05, 0) is 100.0 Å². The SMILES string of the molecule is [2H]c1c([2H])c(-c2c([2H])c([2H])c([2H])c3c([2H])c(-c4c5c([2H])c([2H])c([2H])c([2H])c5c(-c5c([2H])c([2H])c([2H])c6c([2H])c([2H])c([2H])c([2H])c56)c5c([2H])c([2H])c([2H])c([2H])c45)c([2H])c([2H])c23)c2c(oc3c4c([2H])c([2H])c([2H])c([2H])c4c([2H])c([2H])c32)c1[2H]. The smallest absolute Gasteiger partial charge is 0.143 e. The molecule has 0 aliphatic rings. The molecule has 0 spiro atoms. The van der Waals surface area contributed by atoms with Crippen LogP contribution < -0.4 is 0 Å². The van der Waals surface area contributed by atoms with Crippen molar-refractivity contribution < 1.29 is 45.5 Å². The van der Waals surface area contributed by atoms with E-state index in [-0.39, 0.29) is 0 Å². The van der Waals surface area contributed by atoms with Crippen LogP contribution in [0.5, 0.6) is 0 Å². The number of benzene rings is 10. The first-order chi connectivity index (χ1) is 37.8. The maximum atomic E-state index is 10.0. The minimum atomic E-state index is -1.13. The van der Waals surface area contributed by atoms with Gasteiger partial charge in [0.05, 0.1) is 41.1 Å². The molecule has 0 amide bonds. The highest BCUT2D eigenvalue weighted by molar-refractivity contribution is 6.24. The maximum absolute atomic E-state index is 10.0. The number of hydrogen-bond donors (Lipinski definition) is 0. The molecule has 0 aliphatic carbocycles. The molecular weight excluding hydrogens is 617 g/mol. The van der Waals surface area contributed by atoms with Crippen LogP contribution in [0.2, 0.25) is 0 Å². The summed E-state index contributed by atoms with van der Waals surface area (Å²) >= 11 is 0. The first kappa shape index (κ1) is 11.7. The molecule has 51 heavy (non-hydrogen) atoms. The number of fused-ring (bicyclic) bond motifs is 9. The Bertz CT molecular complexity index is 4840. The lowest BCUT2D eigenvalue weighted by Gasteiger charge is -2.19. The summed E-state index contributed by atoms with van der Waals surface area (Å²) < 4.78 is 279. The summed E-state index contributed by atoms with van der Waals surface area (Å²) in [6.07, 6.45) is 0. The van der Waals surface area contributed by atoms with Gasteiger partial charge in [-0.3, -0.25) is 0 Å². The van der Waals surface area contributed by atoms with E-state index >= 15 is 0 Å². The molecule has 0 atom stereocenters. The number of furan rings is 1. The molecule has 1 heterocycles. The summed E-state index contributed by atoms with van der Waals surface area (Å²) in [5.41, 5.74) is -5.79. The first-order valence-corrected chi connectivity index (χ1v) is 15.2. The molecule has 0 unspecified atom stereocenters. The molecule has 1 aromatic heterocycles. The van der Waals surface area contributed by atoms with Crippen LogP contribution in [0.4, 0.5) is 0 Å². The minimum Gasteiger partial charge on any atom is -0.455 e. The second kappa shape index (κ2) is 10.9. The second-order valence-corrected chi connectivity index (χ2v) is 11.3. The van der Waals surface area contributed by atoms with Gasteiger partial charge in [-0.25, -0.2) is 0 Å². The highest BCUT2D eigenvalue weighted by Crippen LogP contribution is 2.47. The van der Waals surface area contributed by atoms with E-state index in [1.54, 1.807) is 0 Å². The zero-order chi connectivity index (χ0) is 59.6. The maximum Gasteiger partial charge on any atom is 0.143 e. The first-order valence-electron chi connectivity index (χ1n) is 30.2. The van der Waals surface area contributed by atoms with Crippen LogP contribution in [0.3, 0.4) is 0 Å². The van der Waals surface area contributed by atoms with Gasteiger partial charge in [-0.15, -0.1) is 0 Å². The van der Waals surface area contributed by atoms with Gasteiger partial charge < -0.3 is 4.42 Å². The molecule has 10 aromatic carbocycles. The van der Waals surface area contributed by atoms with Gasteiger partial charge in [0.25, 0.3) is 0 Å². The topological polar surface area (TPSA) is 13.1 Å². The quantitative estimate of drug-likeness (QED) is 0.170. The van der Waals surface area contributed by atoms with Crippen LogP contribution in [0.15, 0.2) is 186 Å². The van der Waals surface area contributed by atoms with Crippen molar-refractivity contribution in [3.63, 3.8) is 0 Å². The average Bonchev–Trinajstić information content (AvgIpc) is 3.36. The largest absolute Gasteiger partial charge is 0.455 e. The fraction of sp³-hybridized carbons (Fsp3) is 0. The highest BCUT2D eigenvalue weighted by atomic mass is 16.3. The molecule has 0 aliphatic heterocycles. The van der Waals surface area contributed by atoms with Crippen LogP contribution in [-0.2, 0) is 0 Å². The predicted octanol–water partition coefficient (Wildman–Crippen LogP) is 14.4. The van der Waals surface area contributed by atoms with Gasteiger partial charge >= 0.3 is 0 Å². The van der Waals surface area contributed by atoms with Crippen molar-refractivity contribution in [2.75, 3.05) is 0 Å². The standard InChI is InChI=1S/C50H30O/c1-3-16-35-31(12-1)14-9-23-39(35)48-43-20-7-5-18-41(43)47(42-19-6-8-21-44(42)48)34-27-28-36-33(30-34)15-10-22-38(36)40-24-11-25-46-49(40)45-29-26-32-13-2-4-17-37(32)50(45)51-46/h1-30H/i1D,2D,3D,4D,5D,6D,7D,8D,9D,10D,11D,12D,13D,14D,15D,16D,17D,18D,19D,20D,21D,22D,23D,24D,25D,26D,27D,28D,29D,30D. The predicted molar refractivity (Wildman–Crippen MR) is 218 cm³/mol. The van der Waals surface area contributed by atoms with Crippen molar-refractivity contribution in [3.05, 3.63) is 181 Å². The summed E-state index contributed by atoms with van der Waals surface area (Å²) in [5.74, 6) is 0. The van der Waals surface area contributed by atoms with E-state index in [1.807, 2.05) is 0 Å². The second-order valence-electron chi connectivity index (χ2n) is 11.3. The van der Waals surface area contributed by atoms with Crippen molar-refractivity contribution in [2.24, 2.45) is 0 Å². The molecule has 0 fully saturated rings. The van der Waals surface area contributed by atoms with Crippen LogP contribution in [-0.4, -0.2) is 0 Å². The molecule has 1 heteroatoms. The van der Waals surface area contributed by atoms with E-state index in [2.05, 4.69) is 0 Å². The Morgan fingerprint density at radius 2 is 0.843 bits per heavy atom. The van der Waals surface area contributed by atoms with Gasteiger partial charge in [0, 0.05) is 16.2 Å². The van der Waals surface area contributed by atoms with Gasteiger partial charge in [0.15, 0.2) is 0 Å². The van der Waals surface area contributed by atoms with Crippen molar-refractivity contribution in [3.8, 4) is 33.4 Å². The Morgan fingerprint density at radius 3 is 1.59 bits per heavy atom. The van der Waals surface area contributed by atoms with Crippen LogP contribution >= 0.6 is 0 Å². The monoisotopic (exact) mass is 676 g/mol. The summed E-state index contributed by atoms with van der Waals surface area (Å²) in [5, 5.41) is -7.93. The molecule has 0 saturated heterocycles.